The number of quaternary nitrogens is 1. The number of nitrogens with zero attached hydrogens (tertiary/aromatic N) is 2. The molecule has 0 fully saturated rings. The largest absolute Gasteiger partial charge is 1.00 e. The number of benzene rings is 1. The summed E-state index contributed by atoms with van der Waals surface area (Å²) in [5.74, 6) is -5.39. The Bertz CT molecular complexity index is 389. The molecular weight excluding hydrogens is 582 g/mol. The molecule has 21 heavy (non-hydrogen) atoms. The molecule has 0 unspecified atom stereocenters. The zero-order valence-corrected chi connectivity index (χ0v) is 17.9. The number of rotatable bonds is 0. The fourth-order valence-electron chi connectivity index (χ4n) is 0.578. The summed E-state index contributed by atoms with van der Waals surface area (Å²) in [7, 11) is 8.50. The van der Waals surface area contributed by atoms with Crippen molar-refractivity contribution in [3.63, 3.8) is 0 Å². The van der Waals surface area contributed by atoms with Crippen molar-refractivity contribution >= 4 is 45.2 Å². The molecule has 0 saturated carbocycles. The molecule has 9 heteroatoms. The first-order valence-corrected chi connectivity index (χ1v) is 7.30. The van der Waals surface area contributed by atoms with Gasteiger partial charge in [-0.2, -0.15) is 5.26 Å². The monoisotopic (exact) mass is 596 g/mol. The fourth-order valence-corrected chi connectivity index (χ4v) is 1.53. The van der Waals surface area contributed by atoms with Gasteiger partial charge < -0.3 is 21.5 Å². The van der Waals surface area contributed by atoms with Crippen LogP contribution in [0.3, 0.4) is 0 Å². The van der Waals surface area contributed by atoms with E-state index >= 15 is 0 Å². The quantitative estimate of drug-likeness (QED) is 0.146. The van der Waals surface area contributed by atoms with Crippen molar-refractivity contribution in [2.24, 2.45) is 0 Å². The summed E-state index contributed by atoms with van der Waals surface area (Å²) < 4.78 is 50.2. The van der Waals surface area contributed by atoms with Crippen molar-refractivity contribution in [3.05, 3.63) is 30.4 Å². The van der Waals surface area contributed by atoms with E-state index in [1.807, 2.05) is 0 Å². The second-order valence-corrected chi connectivity index (χ2v) is 6.95. The van der Waals surface area contributed by atoms with Crippen molar-refractivity contribution in [1.82, 2.24) is 0 Å². The highest BCUT2D eigenvalue weighted by molar-refractivity contribution is 14.1. The average molecular weight is 597 g/mol. The topological polar surface area (TPSA) is 23.8 Å². The molecule has 0 atom stereocenters. The number of halogens is 7. The predicted molar refractivity (Wildman–Crippen MR) is 87.0 cm³/mol. The van der Waals surface area contributed by atoms with Crippen LogP contribution >= 0.6 is 45.2 Å². The molecule has 0 amide bonds. The minimum atomic E-state index is -1.35. The highest BCUT2D eigenvalue weighted by atomic mass is 127. The van der Waals surface area contributed by atoms with Crippen LogP contribution in [0.1, 0.15) is 6.92 Å². The molecular formula is C12H15BrF4I2N2. The van der Waals surface area contributed by atoms with Gasteiger partial charge in [-0.3, -0.25) is 0 Å². The van der Waals surface area contributed by atoms with Crippen LogP contribution in [0.25, 0.3) is 0 Å². The lowest BCUT2D eigenvalue weighted by atomic mass is 10.3. The Morgan fingerprint density at radius 1 is 0.810 bits per heavy atom. The van der Waals surface area contributed by atoms with Crippen molar-refractivity contribution < 1.29 is 39.0 Å². The van der Waals surface area contributed by atoms with Gasteiger partial charge in [0, 0.05) is 6.92 Å². The third kappa shape index (κ3) is 11.5. The lowest BCUT2D eigenvalue weighted by molar-refractivity contribution is -0.849. The molecule has 0 aromatic heterocycles. The standard InChI is InChI=1S/C6F4I2.C4H12N.C2H3N.BrH/c7-1-2(8)6(12)4(10)3(9)5(1)11;1-5(2,3)4;1-2-3;/h;1-4H3;1H3;1H/q;+1;;/p-1. The van der Waals surface area contributed by atoms with E-state index in [2.05, 4.69) is 28.2 Å². The predicted octanol–water partition coefficient (Wildman–Crippen LogP) is 1.31. The lowest BCUT2D eigenvalue weighted by Crippen LogP contribution is -3.00. The van der Waals surface area contributed by atoms with Crippen LogP contribution in [0.2, 0.25) is 0 Å². The van der Waals surface area contributed by atoms with Crippen molar-refractivity contribution in [1.29, 1.82) is 5.26 Å². The smallest absolute Gasteiger partial charge is 0.176 e. The minimum absolute atomic E-state index is 0. The van der Waals surface area contributed by atoms with Crippen LogP contribution in [0.4, 0.5) is 17.6 Å². The molecule has 0 spiro atoms. The summed E-state index contributed by atoms with van der Waals surface area (Å²) in [5.41, 5.74) is 0. The Morgan fingerprint density at radius 3 is 1.00 bits per heavy atom. The van der Waals surface area contributed by atoms with E-state index < -0.39 is 30.4 Å². The normalized spacial score (nSPS) is 9.24. The molecule has 0 radical (unpaired) electrons. The van der Waals surface area contributed by atoms with Gasteiger partial charge in [-0.15, -0.1) is 0 Å². The lowest BCUT2D eigenvalue weighted by Gasteiger charge is -2.14. The van der Waals surface area contributed by atoms with Crippen LogP contribution in [-0.2, 0) is 0 Å². The molecule has 0 bridgehead atoms. The molecule has 1 aromatic rings. The van der Waals surface area contributed by atoms with Crippen LogP contribution in [0.15, 0.2) is 0 Å². The number of hydrogen-bond donors (Lipinski definition) is 0. The van der Waals surface area contributed by atoms with E-state index in [1.54, 1.807) is 6.07 Å². The zero-order valence-electron chi connectivity index (χ0n) is 12.0. The first-order chi connectivity index (χ1) is 8.88. The van der Waals surface area contributed by atoms with Gasteiger partial charge >= 0.3 is 0 Å². The van der Waals surface area contributed by atoms with E-state index in [1.165, 1.54) is 52.1 Å². The molecule has 0 aliphatic heterocycles. The Morgan fingerprint density at radius 2 is 0.905 bits per heavy atom. The molecule has 2 nitrogen and oxygen atoms in total. The molecule has 0 saturated heterocycles. The van der Waals surface area contributed by atoms with Gasteiger partial charge in [0.25, 0.3) is 0 Å². The minimum Gasteiger partial charge on any atom is -1.00 e. The van der Waals surface area contributed by atoms with Gasteiger partial charge in [-0.25, -0.2) is 17.6 Å². The maximum absolute atomic E-state index is 12.6. The second kappa shape index (κ2) is 11.8. The Hall–Kier alpha value is 0.330. The molecule has 1 rings (SSSR count). The molecule has 1 aromatic carbocycles. The molecule has 0 heterocycles. The second-order valence-electron chi connectivity index (χ2n) is 4.79. The molecule has 0 N–H and O–H groups in total. The van der Waals surface area contributed by atoms with Gasteiger partial charge in [0.05, 0.1) is 41.4 Å². The van der Waals surface area contributed by atoms with Gasteiger partial charge in [-0.05, 0) is 45.2 Å². The highest BCUT2D eigenvalue weighted by Crippen LogP contribution is 2.25. The Labute approximate surface area is 160 Å². The zero-order chi connectivity index (χ0) is 16.7. The molecule has 0 aliphatic rings. The summed E-state index contributed by atoms with van der Waals surface area (Å²) in [5, 5.41) is 7.32. The Kier molecular flexibility index (Phi) is 14.8. The van der Waals surface area contributed by atoms with E-state index in [0.717, 1.165) is 4.48 Å². The first kappa shape index (κ1) is 26.2. The average Bonchev–Trinajstić information content (AvgIpc) is 2.30. The van der Waals surface area contributed by atoms with E-state index in [0.29, 0.717) is 0 Å². The third-order valence-corrected chi connectivity index (χ3v) is 3.05. The van der Waals surface area contributed by atoms with Crippen LogP contribution in [0, 0.1) is 41.7 Å². The van der Waals surface area contributed by atoms with Gasteiger partial charge in [0.2, 0.25) is 0 Å². The van der Waals surface area contributed by atoms with Crippen molar-refractivity contribution in [2.75, 3.05) is 28.2 Å². The Balaban J connectivity index is -0.000000305. The van der Waals surface area contributed by atoms with E-state index in [-0.39, 0.29) is 17.0 Å². The van der Waals surface area contributed by atoms with Gasteiger partial charge in [-0.1, -0.05) is 0 Å². The summed E-state index contributed by atoms with van der Waals surface area (Å²) in [4.78, 5) is 0. The maximum Gasteiger partial charge on any atom is 0.176 e. The third-order valence-electron chi connectivity index (χ3n) is 1.16. The first-order valence-electron chi connectivity index (χ1n) is 5.15. The van der Waals surface area contributed by atoms with E-state index in [9.17, 15) is 17.6 Å². The summed E-state index contributed by atoms with van der Waals surface area (Å²) in [6.07, 6.45) is 0. The van der Waals surface area contributed by atoms with Crippen molar-refractivity contribution in [3.8, 4) is 6.07 Å². The highest BCUT2D eigenvalue weighted by Gasteiger charge is 2.21. The summed E-state index contributed by atoms with van der Waals surface area (Å²) >= 11 is 2.41. The van der Waals surface area contributed by atoms with Crippen LogP contribution < -0.4 is 17.0 Å². The number of nitriles is 1. The summed E-state index contributed by atoms with van der Waals surface area (Å²) in [6, 6.07) is 1.75. The van der Waals surface area contributed by atoms with Crippen LogP contribution in [0.5, 0.6) is 0 Å². The van der Waals surface area contributed by atoms with E-state index in [4.69, 9.17) is 5.26 Å². The van der Waals surface area contributed by atoms with Crippen molar-refractivity contribution in [2.45, 2.75) is 6.92 Å². The van der Waals surface area contributed by atoms with Gasteiger partial charge in [0.1, 0.15) is 0 Å². The van der Waals surface area contributed by atoms with Crippen LogP contribution in [-0.4, -0.2) is 32.7 Å². The SMILES string of the molecule is CC#N.C[N+](C)(C)C.Fc1c(F)c(I)c(F)c(F)c1I.[Br-]. The maximum atomic E-state index is 12.6. The number of hydrogen-bond acceptors (Lipinski definition) is 1. The van der Waals surface area contributed by atoms with Gasteiger partial charge in [0.15, 0.2) is 23.3 Å². The molecule has 122 valence electrons. The molecule has 0 aliphatic carbocycles. The summed E-state index contributed by atoms with van der Waals surface area (Å²) in [6.45, 7) is 1.43. The fraction of sp³-hybridized carbons (Fsp3) is 0.417.